The number of carbonyl (C=O) groups excluding carboxylic acids is 2. The number of pyridine rings is 1. The van der Waals surface area contributed by atoms with Gasteiger partial charge in [-0.15, -0.1) is 0 Å². The number of aromatic nitrogens is 1. The van der Waals surface area contributed by atoms with Gasteiger partial charge in [-0.25, -0.2) is 4.79 Å². The number of anilines is 1. The highest BCUT2D eigenvalue weighted by Gasteiger charge is 2.22. The van der Waals surface area contributed by atoms with E-state index in [1.54, 1.807) is 19.2 Å². The molecule has 0 aliphatic rings. The maximum Gasteiger partial charge on any atom is 0.340 e. The second-order valence-corrected chi connectivity index (χ2v) is 7.12. The molecule has 0 saturated heterocycles. The lowest BCUT2D eigenvalue weighted by Gasteiger charge is -2.22. The number of hydrogen-bond acceptors (Lipinski definition) is 6. The number of nitrogens with zero attached hydrogens (tertiary/aromatic N) is 2. The van der Waals surface area contributed by atoms with Crippen LogP contribution in [-0.2, 0) is 16.1 Å². The van der Waals surface area contributed by atoms with Gasteiger partial charge in [0.2, 0.25) is 5.91 Å². The molecule has 1 heterocycles. The van der Waals surface area contributed by atoms with E-state index in [1.807, 2.05) is 55.1 Å². The zero-order valence-corrected chi connectivity index (χ0v) is 18.3. The van der Waals surface area contributed by atoms with Crippen LogP contribution in [0.3, 0.4) is 0 Å². The van der Waals surface area contributed by atoms with E-state index in [0.717, 1.165) is 16.5 Å². The van der Waals surface area contributed by atoms with Gasteiger partial charge < -0.3 is 14.8 Å². The van der Waals surface area contributed by atoms with Crippen LogP contribution in [-0.4, -0.2) is 49.1 Å². The molecular weight excluding hydrogens is 394 g/mol. The number of amides is 1. The van der Waals surface area contributed by atoms with Crippen molar-refractivity contribution in [1.29, 1.82) is 0 Å². The number of likely N-dealkylation sites (N-methyl/N-ethyl adjacent to an activating group) is 1. The van der Waals surface area contributed by atoms with E-state index in [9.17, 15) is 9.59 Å². The molecule has 0 aliphatic carbocycles. The molecule has 1 amide bonds. The predicted octanol–water partition coefficient (Wildman–Crippen LogP) is 3.80. The van der Waals surface area contributed by atoms with Crippen molar-refractivity contribution >= 4 is 28.5 Å². The Bertz CT molecular complexity index is 1100. The first-order chi connectivity index (χ1) is 15.0. The second-order valence-electron chi connectivity index (χ2n) is 7.12. The molecular formula is C24H27N3O4. The monoisotopic (exact) mass is 421 g/mol. The van der Waals surface area contributed by atoms with Gasteiger partial charge in [-0.3, -0.25) is 14.7 Å². The normalized spacial score (nSPS) is 10.9. The van der Waals surface area contributed by atoms with Gasteiger partial charge in [0.05, 0.1) is 43.2 Å². The molecule has 3 aromatic rings. The van der Waals surface area contributed by atoms with E-state index < -0.39 is 5.97 Å². The summed E-state index contributed by atoms with van der Waals surface area (Å²) in [4.78, 5) is 31.8. The predicted molar refractivity (Wildman–Crippen MR) is 120 cm³/mol. The smallest absolute Gasteiger partial charge is 0.340 e. The van der Waals surface area contributed by atoms with E-state index in [0.29, 0.717) is 35.8 Å². The van der Waals surface area contributed by atoms with Gasteiger partial charge in [0.15, 0.2) is 0 Å². The summed E-state index contributed by atoms with van der Waals surface area (Å²) in [7, 11) is 2.92. The van der Waals surface area contributed by atoms with Gasteiger partial charge in [-0.05, 0) is 37.2 Å². The number of nitrogens with one attached hydrogen (secondary N) is 1. The zero-order chi connectivity index (χ0) is 22.4. The summed E-state index contributed by atoms with van der Waals surface area (Å²) in [6, 6.07) is 14.9. The molecule has 162 valence electrons. The number of esters is 1. The van der Waals surface area contributed by atoms with Crippen LogP contribution in [0.25, 0.3) is 10.9 Å². The van der Waals surface area contributed by atoms with Crippen LogP contribution in [0.2, 0.25) is 0 Å². The third kappa shape index (κ3) is 5.00. The highest BCUT2D eigenvalue weighted by atomic mass is 16.5. The van der Waals surface area contributed by atoms with Gasteiger partial charge in [0.25, 0.3) is 0 Å². The second kappa shape index (κ2) is 10.0. The number of benzene rings is 2. The average Bonchev–Trinajstić information content (AvgIpc) is 2.78. The lowest BCUT2D eigenvalue weighted by molar-refractivity contribution is -0.117. The van der Waals surface area contributed by atoms with Crippen LogP contribution >= 0.6 is 0 Å². The molecule has 0 aliphatic heterocycles. The summed E-state index contributed by atoms with van der Waals surface area (Å²) in [5, 5.41) is 3.79. The van der Waals surface area contributed by atoms with E-state index in [4.69, 9.17) is 14.5 Å². The molecule has 31 heavy (non-hydrogen) atoms. The quantitative estimate of drug-likeness (QED) is 0.557. The highest BCUT2D eigenvalue weighted by Crippen LogP contribution is 2.25. The summed E-state index contributed by atoms with van der Waals surface area (Å²) < 4.78 is 10.3. The molecule has 7 nitrogen and oxygen atoms in total. The van der Waals surface area contributed by atoms with Crippen molar-refractivity contribution in [3.63, 3.8) is 0 Å². The van der Waals surface area contributed by atoms with Crippen LogP contribution in [0.15, 0.2) is 48.5 Å². The summed E-state index contributed by atoms with van der Waals surface area (Å²) in [6.45, 7) is 4.94. The van der Waals surface area contributed by atoms with Gasteiger partial charge in [-0.1, -0.05) is 37.3 Å². The minimum atomic E-state index is -0.430. The van der Waals surface area contributed by atoms with Crippen LogP contribution < -0.4 is 10.1 Å². The van der Waals surface area contributed by atoms with E-state index >= 15 is 0 Å². The fourth-order valence-corrected chi connectivity index (χ4v) is 3.56. The van der Waals surface area contributed by atoms with E-state index in [1.165, 1.54) is 7.11 Å². The van der Waals surface area contributed by atoms with E-state index in [2.05, 4.69) is 5.32 Å². The van der Waals surface area contributed by atoms with Crippen molar-refractivity contribution in [3.05, 3.63) is 65.4 Å². The molecule has 3 rings (SSSR count). The first-order valence-corrected chi connectivity index (χ1v) is 10.1. The lowest BCUT2D eigenvalue weighted by atomic mass is 10.0. The van der Waals surface area contributed by atoms with Gasteiger partial charge >= 0.3 is 5.97 Å². The van der Waals surface area contributed by atoms with Gasteiger partial charge in [-0.2, -0.15) is 0 Å². The fourth-order valence-electron chi connectivity index (χ4n) is 3.56. The third-order valence-corrected chi connectivity index (χ3v) is 5.19. The van der Waals surface area contributed by atoms with Gasteiger partial charge in [0, 0.05) is 11.9 Å². The number of rotatable bonds is 8. The number of ether oxygens (including phenoxy) is 2. The van der Waals surface area contributed by atoms with Crippen molar-refractivity contribution in [2.24, 2.45) is 0 Å². The maximum absolute atomic E-state index is 12.7. The van der Waals surface area contributed by atoms with Crippen LogP contribution in [0.5, 0.6) is 5.75 Å². The van der Waals surface area contributed by atoms with Gasteiger partial charge in [0.1, 0.15) is 5.75 Å². The molecule has 1 N–H and O–H groups in total. The molecule has 0 fully saturated rings. The number of para-hydroxylation sites is 3. The van der Waals surface area contributed by atoms with Crippen molar-refractivity contribution < 1.29 is 19.1 Å². The van der Waals surface area contributed by atoms with Crippen LogP contribution in [0, 0.1) is 6.92 Å². The number of fused-ring (bicyclic) bond motifs is 1. The number of methoxy groups -OCH3 is 2. The standard InChI is InChI=1S/C24H27N3O4/c1-5-27(15-22(28)26-19-12-8-9-13-21(19)30-3)14-20-23(24(29)31-4)16(2)17-10-6-7-11-18(17)25-20/h6-13H,5,14-15H2,1-4H3,(H,26,28). The van der Waals surface area contributed by atoms with E-state index in [-0.39, 0.29) is 12.5 Å². The van der Waals surface area contributed by atoms with Crippen LogP contribution in [0.1, 0.15) is 28.5 Å². The first kappa shape index (κ1) is 22.2. The number of hydrogen-bond donors (Lipinski definition) is 1. The third-order valence-electron chi connectivity index (χ3n) is 5.19. The van der Waals surface area contributed by atoms with Crippen LogP contribution in [0.4, 0.5) is 5.69 Å². The Kier molecular flexibility index (Phi) is 7.20. The minimum absolute atomic E-state index is 0.142. The Labute approximate surface area is 182 Å². The molecule has 0 radical (unpaired) electrons. The Morgan fingerprint density at radius 1 is 1.06 bits per heavy atom. The topological polar surface area (TPSA) is 80.8 Å². The molecule has 1 aromatic heterocycles. The minimum Gasteiger partial charge on any atom is -0.495 e. The summed E-state index contributed by atoms with van der Waals surface area (Å²) in [5.41, 5.74) is 3.28. The molecule has 2 aromatic carbocycles. The SMILES string of the molecule is CCN(CC(=O)Nc1ccccc1OC)Cc1nc2ccccc2c(C)c1C(=O)OC. The summed E-state index contributed by atoms with van der Waals surface area (Å²) in [5.74, 6) is -0.0116. The Morgan fingerprint density at radius 3 is 2.48 bits per heavy atom. The Hall–Kier alpha value is -3.45. The molecule has 0 atom stereocenters. The lowest BCUT2D eigenvalue weighted by Crippen LogP contribution is -2.33. The largest absolute Gasteiger partial charge is 0.495 e. The van der Waals surface area contributed by atoms with Crippen molar-refractivity contribution in [2.75, 3.05) is 32.6 Å². The molecule has 0 unspecified atom stereocenters. The molecule has 0 spiro atoms. The number of carbonyl (C=O) groups is 2. The van der Waals surface area contributed by atoms with Crippen molar-refractivity contribution in [2.45, 2.75) is 20.4 Å². The Balaban J connectivity index is 1.85. The Morgan fingerprint density at radius 2 is 1.77 bits per heavy atom. The molecule has 0 bridgehead atoms. The summed E-state index contributed by atoms with van der Waals surface area (Å²) >= 11 is 0. The van der Waals surface area contributed by atoms with Crippen molar-refractivity contribution in [1.82, 2.24) is 9.88 Å². The fraction of sp³-hybridized carbons (Fsp3) is 0.292. The maximum atomic E-state index is 12.7. The number of aryl methyl sites for hydroxylation is 1. The molecule has 0 saturated carbocycles. The average molecular weight is 421 g/mol. The zero-order valence-electron chi connectivity index (χ0n) is 18.3. The molecule has 7 heteroatoms. The highest BCUT2D eigenvalue weighted by molar-refractivity contribution is 5.98. The van der Waals surface area contributed by atoms with Crippen molar-refractivity contribution in [3.8, 4) is 5.75 Å². The summed E-state index contributed by atoms with van der Waals surface area (Å²) in [6.07, 6.45) is 0. The first-order valence-electron chi connectivity index (χ1n) is 10.1.